The van der Waals surface area contributed by atoms with Crippen LogP contribution in [-0.4, -0.2) is 43.0 Å². The zero-order valence-corrected chi connectivity index (χ0v) is 11.3. The molecule has 0 atom stereocenters. The van der Waals surface area contributed by atoms with E-state index in [1.54, 1.807) is 0 Å². The second kappa shape index (κ2) is 6.61. The van der Waals surface area contributed by atoms with E-state index in [-0.39, 0.29) is 17.1 Å². The lowest BCUT2D eigenvalue weighted by Crippen LogP contribution is -2.42. The molecule has 0 saturated carbocycles. The summed E-state index contributed by atoms with van der Waals surface area (Å²) in [5.41, 5.74) is 4.27. The average Bonchev–Trinajstić information content (AvgIpc) is 2.95. The van der Waals surface area contributed by atoms with Gasteiger partial charge in [0, 0.05) is 6.07 Å². The van der Waals surface area contributed by atoms with Crippen molar-refractivity contribution in [1.82, 2.24) is 26.0 Å². The van der Waals surface area contributed by atoms with Crippen LogP contribution in [-0.2, 0) is 4.79 Å². The summed E-state index contributed by atoms with van der Waals surface area (Å²) in [4.78, 5) is 27.0. The molecule has 10 heteroatoms. The van der Waals surface area contributed by atoms with Crippen LogP contribution in [0.2, 0.25) is 0 Å². The predicted molar refractivity (Wildman–Crippen MR) is 72.5 cm³/mol. The van der Waals surface area contributed by atoms with Gasteiger partial charge < -0.3 is 10.2 Å². The Kier molecular flexibility index (Phi) is 4.61. The van der Waals surface area contributed by atoms with Crippen molar-refractivity contribution in [2.24, 2.45) is 0 Å². The van der Waals surface area contributed by atoms with Gasteiger partial charge in [-0.3, -0.25) is 25.5 Å². The van der Waals surface area contributed by atoms with Gasteiger partial charge in [0.05, 0.1) is 11.3 Å². The molecule has 0 aliphatic rings. The van der Waals surface area contributed by atoms with Gasteiger partial charge in [-0.15, -0.1) is 0 Å². The number of nitrogens with zero attached hydrogens (tertiary/aromatic N) is 2. The van der Waals surface area contributed by atoms with Crippen molar-refractivity contribution in [3.05, 3.63) is 30.1 Å². The number of benzene rings is 1. The normalized spacial score (nSPS) is 10.1. The summed E-state index contributed by atoms with van der Waals surface area (Å²) in [6.07, 6.45) is 1.32. The van der Waals surface area contributed by atoms with Crippen molar-refractivity contribution in [3.63, 3.8) is 0 Å². The van der Waals surface area contributed by atoms with Crippen LogP contribution in [0.1, 0.15) is 10.4 Å². The number of aromatic amines is 1. The molecule has 0 bridgehead atoms. The van der Waals surface area contributed by atoms with Gasteiger partial charge in [-0.05, 0) is 12.1 Å². The number of aromatic nitrogens is 3. The van der Waals surface area contributed by atoms with E-state index in [0.29, 0.717) is 5.16 Å². The van der Waals surface area contributed by atoms with Crippen LogP contribution in [0.4, 0.5) is 0 Å². The molecule has 9 nitrogen and oxygen atoms in total. The lowest BCUT2D eigenvalue weighted by atomic mass is 10.2. The van der Waals surface area contributed by atoms with Gasteiger partial charge in [0.15, 0.2) is 5.16 Å². The summed E-state index contributed by atoms with van der Waals surface area (Å²) in [5, 5.41) is 25.3. The van der Waals surface area contributed by atoms with Crippen LogP contribution in [0, 0.1) is 0 Å². The predicted octanol–water partition coefficient (Wildman–Crippen LogP) is -0.231. The Labute approximate surface area is 122 Å². The maximum atomic E-state index is 11.7. The standard InChI is InChI=1S/C11H11N5O4S/c17-6-1-2-7(8(18)3-6)10(20)15-14-9(19)4-21-11-12-5-13-16-11/h1-3,5,17-18H,4H2,(H,14,19)(H,15,20)(H,12,13,16). The van der Waals surface area contributed by atoms with Gasteiger partial charge in [-0.2, -0.15) is 5.10 Å². The van der Waals surface area contributed by atoms with Crippen LogP contribution < -0.4 is 10.9 Å². The number of carbonyl (C=O) groups is 2. The Morgan fingerprint density at radius 2 is 2.10 bits per heavy atom. The van der Waals surface area contributed by atoms with Gasteiger partial charge >= 0.3 is 0 Å². The molecular weight excluding hydrogens is 298 g/mol. The first-order chi connectivity index (χ1) is 10.1. The van der Waals surface area contributed by atoms with E-state index < -0.39 is 17.6 Å². The minimum absolute atomic E-state index is 0.0248. The maximum absolute atomic E-state index is 11.7. The monoisotopic (exact) mass is 309 g/mol. The summed E-state index contributed by atoms with van der Waals surface area (Å²) < 4.78 is 0. The van der Waals surface area contributed by atoms with E-state index in [4.69, 9.17) is 5.11 Å². The molecule has 0 aliphatic carbocycles. The summed E-state index contributed by atoms with van der Waals surface area (Å²) in [6, 6.07) is 3.50. The summed E-state index contributed by atoms with van der Waals surface area (Å²) >= 11 is 1.11. The number of rotatable bonds is 4. The topological polar surface area (TPSA) is 140 Å². The lowest BCUT2D eigenvalue weighted by Gasteiger charge is -2.08. The fraction of sp³-hybridized carbons (Fsp3) is 0.0909. The highest BCUT2D eigenvalue weighted by Gasteiger charge is 2.12. The number of aromatic hydroxyl groups is 2. The molecule has 0 aliphatic heterocycles. The van der Waals surface area contributed by atoms with E-state index in [0.717, 1.165) is 17.8 Å². The number of phenolic OH excluding ortho intramolecular Hbond substituents is 2. The highest BCUT2D eigenvalue weighted by atomic mass is 32.2. The van der Waals surface area contributed by atoms with Crippen molar-refractivity contribution in [1.29, 1.82) is 0 Å². The van der Waals surface area contributed by atoms with Crippen LogP contribution >= 0.6 is 11.8 Å². The molecule has 1 aromatic carbocycles. The maximum Gasteiger partial charge on any atom is 0.273 e. The van der Waals surface area contributed by atoms with Crippen molar-refractivity contribution < 1.29 is 19.8 Å². The zero-order chi connectivity index (χ0) is 15.2. The second-order valence-electron chi connectivity index (χ2n) is 3.78. The molecule has 1 heterocycles. The number of thioether (sulfide) groups is 1. The number of phenols is 2. The van der Waals surface area contributed by atoms with Crippen molar-refractivity contribution in [3.8, 4) is 11.5 Å². The number of nitrogens with one attached hydrogen (secondary N) is 3. The molecule has 1 aromatic heterocycles. The van der Waals surface area contributed by atoms with Gasteiger partial charge in [-0.1, -0.05) is 11.8 Å². The first-order valence-corrected chi connectivity index (χ1v) is 6.64. The number of hydrazine groups is 1. The summed E-state index contributed by atoms with van der Waals surface area (Å²) in [5.74, 6) is -1.69. The Morgan fingerprint density at radius 3 is 2.76 bits per heavy atom. The van der Waals surface area contributed by atoms with Gasteiger partial charge in [0.2, 0.25) is 5.91 Å². The molecule has 21 heavy (non-hydrogen) atoms. The fourth-order valence-electron chi connectivity index (χ4n) is 1.34. The Hall–Kier alpha value is -2.75. The van der Waals surface area contributed by atoms with Crippen molar-refractivity contribution in [2.75, 3.05) is 5.75 Å². The molecule has 2 amide bonds. The van der Waals surface area contributed by atoms with E-state index in [1.165, 1.54) is 18.5 Å². The highest BCUT2D eigenvalue weighted by molar-refractivity contribution is 7.99. The quantitative estimate of drug-likeness (QED) is 0.388. The summed E-state index contributed by atoms with van der Waals surface area (Å²) in [7, 11) is 0. The smallest absolute Gasteiger partial charge is 0.273 e. The number of hydrogen-bond donors (Lipinski definition) is 5. The third-order valence-corrected chi connectivity index (χ3v) is 3.15. The molecule has 0 spiro atoms. The first kappa shape index (κ1) is 14.7. The zero-order valence-electron chi connectivity index (χ0n) is 10.5. The fourth-order valence-corrected chi connectivity index (χ4v) is 1.92. The summed E-state index contributed by atoms with van der Waals surface area (Å²) in [6.45, 7) is 0. The third-order valence-electron chi connectivity index (χ3n) is 2.27. The first-order valence-electron chi connectivity index (χ1n) is 5.65. The highest BCUT2D eigenvalue weighted by Crippen LogP contribution is 2.22. The van der Waals surface area contributed by atoms with Crippen LogP contribution in [0.15, 0.2) is 29.7 Å². The van der Waals surface area contributed by atoms with Crippen LogP contribution in [0.25, 0.3) is 0 Å². The molecule has 2 rings (SSSR count). The van der Waals surface area contributed by atoms with Crippen LogP contribution in [0.3, 0.4) is 0 Å². The minimum atomic E-state index is -0.703. The lowest BCUT2D eigenvalue weighted by molar-refractivity contribution is -0.119. The molecule has 110 valence electrons. The van der Waals surface area contributed by atoms with E-state index in [2.05, 4.69) is 26.0 Å². The molecule has 5 N–H and O–H groups in total. The number of H-pyrrole nitrogens is 1. The number of hydrogen-bond acceptors (Lipinski definition) is 7. The van der Waals surface area contributed by atoms with Crippen LogP contribution in [0.5, 0.6) is 11.5 Å². The SMILES string of the molecule is O=C(CSc1ncn[nH]1)NNC(=O)c1ccc(O)cc1O. The van der Waals surface area contributed by atoms with Gasteiger partial charge in [0.25, 0.3) is 5.91 Å². The molecule has 2 aromatic rings. The van der Waals surface area contributed by atoms with E-state index in [9.17, 15) is 14.7 Å². The van der Waals surface area contributed by atoms with Crippen molar-refractivity contribution >= 4 is 23.6 Å². The van der Waals surface area contributed by atoms with E-state index >= 15 is 0 Å². The minimum Gasteiger partial charge on any atom is -0.508 e. The van der Waals surface area contributed by atoms with Gasteiger partial charge in [-0.25, -0.2) is 4.98 Å². The average molecular weight is 309 g/mol. The number of amides is 2. The Balaban J connectivity index is 1.81. The molecule has 0 saturated heterocycles. The molecule has 0 unspecified atom stereocenters. The Morgan fingerprint density at radius 1 is 1.29 bits per heavy atom. The Bertz CT molecular complexity index is 646. The van der Waals surface area contributed by atoms with E-state index in [1.807, 2.05) is 0 Å². The number of carbonyl (C=O) groups excluding carboxylic acids is 2. The third kappa shape index (κ3) is 4.11. The molecular formula is C11H11N5O4S. The van der Waals surface area contributed by atoms with Crippen molar-refractivity contribution in [2.45, 2.75) is 5.16 Å². The second-order valence-corrected chi connectivity index (χ2v) is 4.75. The molecule has 0 fully saturated rings. The van der Waals surface area contributed by atoms with Gasteiger partial charge in [0.1, 0.15) is 17.8 Å². The largest absolute Gasteiger partial charge is 0.508 e. The molecule has 0 radical (unpaired) electrons.